The number of carboxylic acids is 10. The number of aliphatic carboxylic acids is 10. The number of nitrogens with zero attached hydrogens (tertiary/aromatic N) is 1. The van der Waals surface area contributed by atoms with Crippen LogP contribution in [0.2, 0.25) is 0 Å². The van der Waals surface area contributed by atoms with Crippen LogP contribution in [0.25, 0.3) is 0 Å². The molecule has 0 bridgehead atoms. The van der Waals surface area contributed by atoms with Crippen molar-refractivity contribution < 1.29 is 185 Å². The molecule has 2 saturated heterocycles. The van der Waals surface area contributed by atoms with Crippen LogP contribution in [0.3, 0.4) is 0 Å². The van der Waals surface area contributed by atoms with Gasteiger partial charge in [-0.1, -0.05) is 42.5 Å². The van der Waals surface area contributed by atoms with Crippen LogP contribution in [0.4, 0.5) is 0 Å². The molecule has 2 aliphatic heterocycles. The lowest BCUT2D eigenvalue weighted by molar-refractivity contribution is -0.164. The molecular formula is C77H130N22O38S. The van der Waals surface area contributed by atoms with E-state index in [1.165, 1.54) is 27.1 Å². The number of aromatic amines is 1. The Balaban J connectivity index is -0.000000356. The Kier molecular flexibility index (Phi) is 76.2. The lowest BCUT2D eigenvalue weighted by atomic mass is 10.1. The topological polar surface area (TPSA) is 1160 Å². The number of esters is 8. The van der Waals surface area contributed by atoms with E-state index in [1.54, 1.807) is 30.5 Å². The molecular weight excluding hydrogens is 1870 g/mol. The number of hydrogen-bond acceptors (Lipinski definition) is 47. The fourth-order valence-electron chi connectivity index (χ4n) is 8.14. The summed E-state index contributed by atoms with van der Waals surface area (Å²) in [5.74, 6) is -18.3. The molecule has 3 amide bonds. The van der Waals surface area contributed by atoms with E-state index >= 15 is 0 Å². The summed E-state index contributed by atoms with van der Waals surface area (Å²) < 4.78 is 28.1. The van der Waals surface area contributed by atoms with Crippen LogP contribution in [0.1, 0.15) is 108 Å². The van der Waals surface area contributed by atoms with E-state index in [0.29, 0.717) is 11.4 Å². The van der Waals surface area contributed by atoms with Crippen molar-refractivity contribution in [1.29, 1.82) is 0 Å². The van der Waals surface area contributed by atoms with Crippen LogP contribution in [0, 0.1) is 0 Å². The summed E-state index contributed by atoms with van der Waals surface area (Å²) in [7, 11) is 0. The first-order valence-corrected chi connectivity index (χ1v) is 41.1. The molecule has 2 fully saturated rings. The number of hydrogen-bond donors (Lipinski definition) is 33. The molecule has 60 nitrogen and oxygen atoms in total. The number of primary amides is 3. The van der Waals surface area contributed by atoms with Gasteiger partial charge < -0.3 is 203 Å². The number of aromatic nitrogens is 2. The number of amides is 3. The first-order chi connectivity index (χ1) is 64.0. The fraction of sp³-hybridized carbons (Fsp3) is 0.532. The molecule has 5 rings (SSSR count). The molecule has 3 heterocycles. The van der Waals surface area contributed by atoms with Crippen molar-refractivity contribution in [2.24, 2.45) is 103 Å². The van der Waals surface area contributed by atoms with Gasteiger partial charge in [-0.25, -0.2) is 29.0 Å². The fourth-order valence-corrected chi connectivity index (χ4v) is 8.29. The van der Waals surface area contributed by atoms with Gasteiger partial charge in [0.15, 0.2) is 0 Å². The lowest BCUT2D eigenvalue weighted by Crippen LogP contribution is -2.47. The summed E-state index contributed by atoms with van der Waals surface area (Å²) in [6.07, 6.45) is 6.10. The van der Waals surface area contributed by atoms with E-state index < -0.39 is 230 Å². The van der Waals surface area contributed by atoms with Crippen molar-refractivity contribution in [3.05, 3.63) is 83.9 Å². The van der Waals surface area contributed by atoms with Crippen LogP contribution in [-0.2, 0) is 144 Å². The highest BCUT2D eigenvalue weighted by molar-refractivity contribution is 7.80. The zero-order valence-electron chi connectivity index (χ0n) is 75.2. The van der Waals surface area contributed by atoms with Crippen LogP contribution in [-0.4, -0.2) is 339 Å². The molecule has 17 atom stereocenters. The summed E-state index contributed by atoms with van der Waals surface area (Å²) in [4.78, 5) is 228. The predicted octanol–water partition coefficient (Wildman–Crippen LogP) is -12.6. The zero-order valence-corrected chi connectivity index (χ0v) is 76.1. The Morgan fingerprint density at radius 3 is 1.14 bits per heavy atom. The van der Waals surface area contributed by atoms with E-state index in [9.17, 15) is 101 Å². The predicted molar refractivity (Wildman–Crippen MR) is 479 cm³/mol. The number of imidazole rings is 1. The van der Waals surface area contributed by atoms with E-state index in [4.69, 9.17) is 162 Å². The van der Waals surface area contributed by atoms with E-state index in [-0.39, 0.29) is 94.6 Å². The van der Waals surface area contributed by atoms with Crippen LogP contribution in [0.15, 0.2) is 67.1 Å². The van der Waals surface area contributed by atoms with Crippen LogP contribution >= 0.6 is 12.6 Å². The minimum absolute atomic E-state index is 0.0213. The van der Waals surface area contributed by atoms with E-state index in [0.717, 1.165) is 49.9 Å². The monoisotopic (exact) mass is 2000 g/mol. The van der Waals surface area contributed by atoms with Crippen molar-refractivity contribution in [2.75, 3.05) is 45.2 Å². The minimum atomic E-state index is -1.38. The highest BCUT2D eigenvalue weighted by Gasteiger charge is 2.30. The van der Waals surface area contributed by atoms with Gasteiger partial charge in [-0.05, 0) is 115 Å². The molecule has 0 saturated carbocycles. The van der Waals surface area contributed by atoms with Crippen molar-refractivity contribution in [1.82, 2.24) is 20.6 Å². The Hall–Kier alpha value is -13.4. The highest BCUT2D eigenvalue weighted by atomic mass is 32.1. The number of rotatable bonds is 43. The number of carboxylic acid groups (broad SMARTS) is 10. The molecule has 61 heteroatoms. The number of aliphatic hydroxyl groups excluding tert-OH is 1. The van der Waals surface area contributed by atoms with Crippen molar-refractivity contribution >= 4 is 138 Å². The van der Waals surface area contributed by atoms with Gasteiger partial charge in [0.05, 0.1) is 31.6 Å². The summed E-state index contributed by atoms with van der Waals surface area (Å²) in [5.41, 5.74) is 94.4. The Labute approximate surface area is 792 Å². The molecule has 3 aromatic rings. The van der Waals surface area contributed by atoms with Crippen molar-refractivity contribution in [3.8, 4) is 5.75 Å². The van der Waals surface area contributed by atoms with E-state index in [1.807, 2.05) is 30.3 Å². The standard InChI is InChI=1S/C16H23N3O6.C14H18N2O4.C9H17N3O6.C6H9N3O2.C6H12N2O3S.2C5H10N2O3.C5H9NO4.C5H9NO2.C4H8N2O3.C2H5NO2/c1-9(13(19)14(20)21)25-16(23)12(18)8-24-15(22)11(17)7-10-5-3-2-4-6-10;15-11(13(17)18)8-9-3-5-10(6-4-9)20-14(19)12-2-1-7-16-12;1-4(10)7(14)18-9(16)6(12)3-17-8(15)5(11)2-13;7-5(6(10)11)1-4-2-8-3-9-4;1-3(7)5(9)11-6(10)4(8)2-12;3*6-3(5(9)10)1-2-4(7)8;7-5(8)4-2-1-3-6-4;5-2(4(8)9)1-3(6)7;3-1-2(4)5/h2-6,9,11-13H,7-8,17-19H2,1H3,(H,20,21);3-6,11-12,16H,1-2,7-8,15H2,(H,17,18);4-6,13H,2-3,10-12H2,1H3;2-3,5H,1,7H2,(H,8,9)(H,10,11);3-4,12H,2,7-8H2,1H3;2*3H,1-2,6H2,(H2,7,8)(H,9,10);3H,1-2,6H2,(H,7,8)(H,9,10);4,6H,1-3H2,(H,7,8);2H,1,5H2,(H2,6,7)(H,8,9);1,3H2,(H,4,5)/t9-,11+,12+,13+;11-,12-;4-,5-,6-;5-;3-,4-;3*3-;4-;2-;/m1000000000./s1. The Morgan fingerprint density at radius 1 is 0.428 bits per heavy atom. The smallest absolute Gasteiger partial charge is 0.334 e. The molecule has 1 aromatic heterocycles. The van der Waals surface area contributed by atoms with Gasteiger partial charge in [0.2, 0.25) is 17.7 Å². The zero-order chi connectivity index (χ0) is 108. The number of thiol groups is 1. The average Bonchev–Trinajstić information content (AvgIpc) is 1.63. The maximum atomic E-state index is 11.8. The van der Waals surface area contributed by atoms with Crippen molar-refractivity contribution in [2.45, 2.75) is 213 Å². The quantitative estimate of drug-likeness (QED) is 0.00822. The van der Waals surface area contributed by atoms with Gasteiger partial charge in [-0.2, -0.15) is 12.6 Å². The molecule has 2 aromatic carbocycles. The highest BCUT2D eigenvalue weighted by Crippen LogP contribution is 2.17. The van der Waals surface area contributed by atoms with Crippen molar-refractivity contribution in [3.63, 3.8) is 0 Å². The number of nitrogens with two attached hydrogens (primary N) is 18. The summed E-state index contributed by atoms with van der Waals surface area (Å²) >= 11 is 3.76. The average molecular weight is 2000 g/mol. The third-order valence-corrected chi connectivity index (χ3v) is 16.5. The number of ether oxygens (including phenoxy) is 6. The van der Waals surface area contributed by atoms with Gasteiger partial charge in [0.1, 0.15) is 122 Å². The van der Waals surface area contributed by atoms with Gasteiger partial charge in [-0.15, -0.1) is 0 Å². The minimum Gasteiger partial charge on any atom is -0.481 e. The van der Waals surface area contributed by atoms with Gasteiger partial charge in [0, 0.05) is 37.6 Å². The molecule has 782 valence electrons. The number of H-pyrrole nitrogens is 1. The van der Waals surface area contributed by atoms with Gasteiger partial charge in [0.25, 0.3) is 0 Å². The molecule has 50 N–H and O–H groups in total. The molecule has 0 unspecified atom stereocenters. The molecule has 2 aliphatic rings. The second-order valence-electron chi connectivity index (χ2n) is 28.5. The number of carbonyl (C=O) groups excluding carboxylic acids is 11. The second-order valence-corrected chi connectivity index (χ2v) is 28.8. The number of aliphatic hydroxyl groups is 1. The summed E-state index contributed by atoms with van der Waals surface area (Å²) in [6, 6.07) is 0.651. The largest absolute Gasteiger partial charge is 0.481 e. The summed E-state index contributed by atoms with van der Waals surface area (Å²) in [6.45, 7) is 3.95. The first kappa shape index (κ1) is 135. The third kappa shape index (κ3) is 73.9. The molecule has 138 heavy (non-hydrogen) atoms. The maximum absolute atomic E-state index is 11.8. The van der Waals surface area contributed by atoms with Gasteiger partial charge >= 0.3 is 107 Å². The summed E-state index contributed by atoms with van der Waals surface area (Å²) in [5, 5.41) is 97.1. The molecule has 0 radical (unpaired) electrons. The second kappa shape index (κ2) is 77.7. The third-order valence-electron chi connectivity index (χ3n) is 16.1. The first-order valence-electron chi connectivity index (χ1n) is 40.4. The number of nitrogens with one attached hydrogen (secondary N) is 3. The molecule has 0 aliphatic carbocycles. The number of benzene rings is 2. The van der Waals surface area contributed by atoms with E-state index in [2.05, 4.69) is 58.9 Å². The van der Waals surface area contributed by atoms with Gasteiger partial charge in [-0.3, -0.25) is 76.7 Å². The maximum Gasteiger partial charge on any atom is 0.334 e. The Bertz CT molecular complexity index is 4150. The van der Waals surface area contributed by atoms with Crippen LogP contribution < -0.4 is 119 Å². The Morgan fingerprint density at radius 2 is 0.812 bits per heavy atom. The van der Waals surface area contributed by atoms with Crippen LogP contribution in [0.5, 0.6) is 5.75 Å². The lowest BCUT2D eigenvalue weighted by Gasteiger charge is -2.20. The number of carbonyl (C=O) groups is 21. The normalized spacial score (nSPS) is 15.4. The molecule has 0 spiro atoms. The SMILES string of the molecule is C[C@@H](OC(=O)[C@@H](N)COC(=O)[C@@H](N)Cc1ccccc1)[C@H](N)C(=O)O.C[C@H](N)C(=O)OC(=O)[C@@H](N)COC(=O)[C@@H](N)CO.C[C@H](N)C(=O)OC(=O)[C@@H](N)CS.NC(=O)CC[C@H](N)C(=O)O.NC(=O)CC[C@H](N)C(=O)O.NC(=O)C[C@H](N)C(=O)O.NCC(=O)O.N[C@@H](CCC(=O)O)C(=O)O.N[C@@H](Cc1c[nH]cn1)C(=O)O.N[C@@H](Cc1ccc(OC(=O)[C@@H]2CCCN2)cc1)C(=O)O.O=C(O)[C@@H]1CCCN1.